The summed E-state index contributed by atoms with van der Waals surface area (Å²) in [5.74, 6) is 1.13. The van der Waals surface area contributed by atoms with Gasteiger partial charge in [-0.2, -0.15) is 5.10 Å². The molecular weight excluding hydrogens is 226 g/mol. The molecule has 0 spiro atoms. The molecule has 1 aliphatic heterocycles. The normalized spacial score (nSPS) is 16.3. The molecule has 1 aliphatic rings. The molecule has 5 nitrogen and oxygen atoms in total. The Bertz CT molecular complexity index is 499. The molecule has 0 aliphatic carbocycles. The van der Waals surface area contributed by atoms with E-state index in [1.54, 1.807) is 0 Å². The summed E-state index contributed by atoms with van der Waals surface area (Å²) in [4.78, 5) is 4.00. The summed E-state index contributed by atoms with van der Waals surface area (Å²) in [6.07, 6.45) is 3.85. The number of hydrogen-bond donors (Lipinski definition) is 2. The standard InChI is InChI=1S/C11H15N5.C2H6/c12-11-10-2-1-9(16(10)15-7-14-11)8-3-5-13-6-4-8;1-2/h1-2,7-8,13H,3-6H2,(H2,12,14,15);1-2H3. The Kier molecular flexibility index (Phi) is 4.15. The molecule has 2 aromatic heterocycles. The van der Waals surface area contributed by atoms with Gasteiger partial charge in [0, 0.05) is 11.6 Å². The van der Waals surface area contributed by atoms with Gasteiger partial charge in [-0.1, -0.05) is 13.8 Å². The summed E-state index contributed by atoms with van der Waals surface area (Å²) < 4.78 is 1.93. The highest BCUT2D eigenvalue weighted by Gasteiger charge is 2.19. The molecule has 3 heterocycles. The van der Waals surface area contributed by atoms with Gasteiger partial charge in [-0.05, 0) is 38.1 Å². The van der Waals surface area contributed by atoms with Gasteiger partial charge >= 0.3 is 0 Å². The number of fused-ring (bicyclic) bond motifs is 1. The molecular formula is C13H21N5. The Morgan fingerprint density at radius 3 is 2.72 bits per heavy atom. The van der Waals surface area contributed by atoms with E-state index in [1.807, 2.05) is 24.4 Å². The first-order chi connectivity index (χ1) is 8.86. The molecule has 18 heavy (non-hydrogen) atoms. The third-order valence-electron chi connectivity index (χ3n) is 3.27. The Hall–Kier alpha value is -1.62. The van der Waals surface area contributed by atoms with Crippen LogP contribution in [0, 0.1) is 0 Å². The molecule has 1 fully saturated rings. The fraction of sp³-hybridized carbons (Fsp3) is 0.538. The summed E-state index contributed by atoms with van der Waals surface area (Å²) >= 11 is 0. The van der Waals surface area contributed by atoms with E-state index < -0.39 is 0 Å². The molecule has 98 valence electrons. The molecule has 3 rings (SSSR count). The van der Waals surface area contributed by atoms with Crippen LogP contribution in [0.15, 0.2) is 18.5 Å². The van der Waals surface area contributed by atoms with E-state index in [0.29, 0.717) is 11.7 Å². The van der Waals surface area contributed by atoms with Crippen LogP contribution in [0.5, 0.6) is 0 Å². The third-order valence-corrected chi connectivity index (χ3v) is 3.27. The maximum Gasteiger partial charge on any atom is 0.151 e. The maximum atomic E-state index is 5.81. The monoisotopic (exact) mass is 247 g/mol. The zero-order chi connectivity index (χ0) is 13.0. The Labute approximate surface area is 107 Å². The largest absolute Gasteiger partial charge is 0.382 e. The lowest BCUT2D eigenvalue weighted by atomic mass is 9.95. The highest BCUT2D eigenvalue weighted by atomic mass is 15.3. The average Bonchev–Trinajstić information content (AvgIpc) is 2.87. The molecule has 1 saturated heterocycles. The fourth-order valence-electron chi connectivity index (χ4n) is 2.40. The predicted octanol–water partition coefficient (Wildman–Crippen LogP) is 1.80. The number of nitrogen functional groups attached to an aromatic ring is 1. The van der Waals surface area contributed by atoms with Crippen LogP contribution in [-0.2, 0) is 0 Å². The van der Waals surface area contributed by atoms with Crippen LogP contribution in [-0.4, -0.2) is 27.7 Å². The van der Waals surface area contributed by atoms with Crippen molar-refractivity contribution >= 4 is 11.3 Å². The van der Waals surface area contributed by atoms with Crippen LogP contribution >= 0.6 is 0 Å². The summed E-state index contributed by atoms with van der Waals surface area (Å²) in [6, 6.07) is 4.13. The van der Waals surface area contributed by atoms with Crippen LogP contribution in [0.25, 0.3) is 5.52 Å². The van der Waals surface area contributed by atoms with Gasteiger partial charge in [0.1, 0.15) is 11.8 Å². The summed E-state index contributed by atoms with van der Waals surface area (Å²) in [6.45, 7) is 6.16. The van der Waals surface area contributed by atoms with Crippen molar-refractivity contribution < 1.29 is 0 Å². The molecule has 3 N–H and O–H groups in total. The van der Waals surface area contributed by atoms with E-state index in [9.17, 15) is 0 Å². The van der Waals surface area contributed by atoms with E-state index in [-0.39, 0.29) is 0 Å². The Morgan fingerprint density at radius 1 is 1.28 bits per heavy atom. The molecule has 0 unspecified atom stereocenters. The number of aromatic nitrogens is 3. The van der Waals surface area contributed by atoms with Crippen molar-refractivity contribution in [3.8, 4) is 0 Å². The van der Waals surface area contributed by atoms with Crippen molar-refractivity contribution in [3.05, 3.63) is 24.2 Å². The minimum Gasteiger partial charge on any atom is -0.382 e. The lowest BCUT2D eigenvalue weighted by Crippen LogP contribution is -2.27. The maximum absolute atomic E-state index is 5.81. The topological polar surface area (TPSA) is 68.2 Å². The van der Waals surface area contributed by atoms with Gasteiger partial charge in [0.05, 0.1) is 0 Å². The second-order valence-electron chi connectivity index (χ2n) is 4.22. The van der Waals surface area contributed by atoms with Crippen LogP contribution < -0.4 is 11.1 Å². The van der Waals surface area contributed by atoms with E-state index >= 15 is 0 Å². The van der Waals surface area contributed by atoms with Crippen LogP contribution in [0.1, 0.15) is 38.3 Å². The number of nitrogens with one attached hydrogen (secondary N) is 1. The SMILES string of the molecule is CC.Nc1ncnn2c(C3CCNCC3)ccc12. The molecule has 0 saturated carbocycles. The minimum atomic E-state index is 0.551. The number of nitrogens with two attached hydrogens (primary N) is 1. The molecule has 5 heteroatoms. The van der Waals surface area contributed by atoms with Gasteiger partial charge < -0.3 is 11.1 Å². The summed E-state index contributed by atoms with van der Waals surface area (Å²) in [7, 11) is 0. The van der Waals surface area contributed by atoms with E-state index in [0.717, 1.165) is 31.4 Å². The zero-order valence-corrected chi connectivity index (χ0v) is 11.1. The molecule has 0 atom stereocenters. The minimum absolute atomic E-state index is 0.551. The fourth-order valence-corrected chi connectivity index (χ4v) is 2.40. The number of rotatable bonds is 1. The molecule has 0 amide bonds. The summed E-state index contributed by atoms with van der Waals surface area (Å²) in [5, 5.41) is 7.65. The van der Waals surface area contributed by atoms with E-state index in [4.69, 9.17) is 5.73 Å². The van der Waals surface area contributed by atoms with Crippen molar-refractivity contribution in [1.82, 2.24) is 19.9 Å². The first-order valence-electron chi connectivity index (χ1n) is 6.65. The lowest BCUT2D eigenvalue weighted by Gasteiger charge is -2.22. The van der Waals surface area contributed by atoms with Crippen LogP contribution in [0.3, 0.4) is 0 Å². The van der Waals surface area contributed by atoms with Gasteiger partial charge in [0.2, 0.25) is 0 Å². The van der Waals surface area contributed by atoms with E-state index in [1.165, 1.54) is 12.0 Å². The molecule has 0 bridgehead atoms. The molecule has 2 aromatic rings. The lowest BCUT2D eigenvalue weighted by molar-refractivity contribution is 0.448. The quantitative estimate of drug-likeness (QED) is 0.806. The van der Waals surface area contributed by atoms with Gasteiger partial charge in [0.15, 0.2) is 5.82 Å². The van der Waals surface area contributed by atoms with Crippen molar-refractivity contribution in [2.45, 2.75) is 32.6 Å². The average molecular weight is 247 g/mol. The first kappa shape index (κ1) is 12.8. The van der Waals surface area contributed by atoms with Gasteiger partial charge in [0.25, 0.3) is 0 Å². The van der Waals surface area contributed by atoms with Crippen LogP contribution in [0.4, 0.5) is 5.82 Å². The molecule has 0 radical (unpaired) electrons. The third kappa shape index (κ3) is 2.31. The zero-order valence-electron chi connectivity index (χ0n) is 11.1. The highest BCUT2D eigenvalue weighted by Crippen LogP contribution is 2.27. The number of piperidine rings is 1. The Morgan fingerprint density at radius 2 is 2.00 bits per heavy atom. The van der Waals surface area contributed by atoms with Crippen molar-refractivity contribution in [2.75, 3.05) is 18.8 Å². The highest BCUT2D eigenvalue weighted by molar-refractivity contribution is 5.65. The second kappa shape index (κ2) is 5.82. The van der Waals surface area contributed by atoms with Crippen LogP contribution in [0.2, 0.25) is 0 Å². The van der Waals surface area contributed by atoms with Gasteiger partial charge in [-0.3, -0.25) is 0 Å². The van der Waals surface area contributed by atoms with E-state index in [2.05, 4.69) is 21.5 Å². The van der Waals surface area contributed by atoms with Crippen molar-refractivity contribution in [3.63, 3.8) is 0 Å². The van der Waals surface area contributed by atoms with Gasteiger partial charge in [-0.15, -0.1) is 0 Å². The number of hydrogen-bond acceptors (Lipinski definition) is 4. The Balaban J connectivity index is 0.000000574. The van der Waals surface area contributed by atoms with Gasteiger partial charge in [-0.25, -0.2) is 9.50 Å². The first-order valence-corrected chi connectivity index (χ1v) is 6.65. The number of nitrogens with zero attached hydrogens (tertiary/aromatic N) is 3. The smallest absolute Gasteiger partial charge is 0.151 e. The van der Waals surface area contributed by atoms with Crippen molar-refractivity contribution in [2.24, 2.45) is 0 Å². The second-order valence-corrected chi connectivity index (χ2v) is 4.22. The van der Waals surface area contributed by atoms with Crippen molar-refractivity contribution in [1.29, 1.82) is 0 Å². The summed E-state index contributed by atoms with van der Waals surface area (Å²) in [5.41, 5.74) is 7.98. The molecule has 0 aromatic carbocycles. The predicted molar refractivity (Wildman–Crippen MR) is 73.6 cm³/mol. The number of anilines is 1.